The molecule has 0 amide bonds. The third-order valence-electron chi connectivity index (χ3n) is 5.54. The minimum Gasteiger partial charge on any atom is -0.396 e. The standard InChI is InChI=1S/C16H22ClNO2S/c1-10-7-16(8-12(18-10)15(9-19)3-4-15)14-11(2-5-20-16)6-13(17)21-14/h6,10,12,18-19H,2-5,7-9H2,1H3/t10-,12-,16-/m0/s1. The normalized spacial score (nSPS) is 37.5. The second-order valence-electron chi connectivity index (χ2n) is 7.05. The third kappa shape index (κ3) is 2.27. The first-order valence-corrected chi connectivity index (χ1v) is 9.06. The van der Waals surface area contributed by atoms with Crippen molar-refractivity contribution in [3.63, 3.8) is 0 Å². The Morgan fingerprint density at radius 2 is 2.29 bits per heavy atom. The molecule has 0 radical (unpaired) electrons. The average Bonchev–Trinajstić information content (AvgIpc) is 3.15. The van der Waals surface area contributed by atoms with Crippen molar-refractivity contribution in [1.29, 1.82) is 0 Å². The van der Waals surface area contributed by atoms with Gasteiger partial charge in [0.05, 0.1) is 17.6 Å². The lowest BCUT2D eigenvalue weighted by atomic mass is 9.75. The molecular weight excluding hydrogens is 306 g/mol. The second-order valence-corrected chi connectivity index (χ2v) is 8.73. The number of hydrogen-bond donors (Lipinski definition) is 2. The highest BCUT2D eigenvalue weighted by Crippen LogP contribution is 2.55. The lowest BCUT2D eigenvalue weighted by Crippen LogP contribution is -2.56. The number of aliphatic hydroxyl groups excluding tert-OH is 1. The SMILES string of the molecule is C[C@H]1C[C@@]2(C[C@@H](C3(CO)CC3)N1)OCCc1cc(Cl)sc12. The van der Waals surface area contributed by atoms with Crippen LogP contribution in [0.4, 0.5) is 0 Å². The minimum absolute atomic E-state index is 0.0870. The first kappa shape index (κ1) is 14.5. The fourth-order valence-corrected chi connectivity index (χ4v) is 5.69. The topological polar surface area (TPSA) is 41.5 Å². The molecule has 1 aromatic rings. The molecule has 4 rings (SSSR count). The van der Waals surface area contributed by atoms with Gasteiger partial charge in [-0.25, -0.2) is 0 Å². The number of nitrogens with one attached hydrogen (secondary N) is 1. The van der Waals surface area contributed by atoms with Gasteiger partial charge in [-0.1, -0.05) is 11.6 Å². The number of piperidine rings is 1. The molecule has 2 N–H and O–H groups in total. The molecule has 1 saturated carbocycles. The van der Waals surface area contributed by atoms with Crippen LogP contribution in [0.3, 0.4) is 0 Å². The van der Waals surface area contributed by atoms with E-state index >= 15 is 0 Å². The Morgan fingerprint density at radius 3 is 3.00 bits per heavy atom. The zero-order valence-corrected chi connectivity index (χ0v) is 13.9. The Morgan fingerprint density at radius 1 is 1.48 bits per heavy atom. The van der Waals surface area contributed by atoms with Gasteiger partial charge in [-0.3, -0.25) is 0 Å². The van der Waals surface area contributed by atoms with E-state index in [1.165, 1.54) is 10.4 Å². The third-order valence-corrected chi connectivity index (χ3v) is 7.04. The maximum absolute atomic E-state index is 9.78. The summed E-state index contributed by atoms with van der Waals surface area (Å²) in [6.07, 6.45) is 5.18. The van der Waals surface area contributed by atoms with Crippen LogP contribution in [0, 0.1) is 5.41 Å². The van der Waals surface area contributed by atoms with Gasteiger partial charge in [0.1, 0.15) is 5.60 Å². The Kier molecular flexibility index (Phi) is 3.40. The molecule has 0 bridgehead atoms. The van der Waals surface area contributed by atoms with E-state index in [1.54, 1.807) is 11.3 Å². The van der Waals surface area contributed by atoms with Crippen molar-refractivity contribution in [3.8, 4) is 0 Å². The lowest BCUT2D eigenvalue weighted by Gasteiger charge is -2.48. The quantitative estimate of drug-likeness (QED) is 0.877. The van der Waals surface area contributed by atoms with Crippen LogP contribution in [-0.4, -0.2) is 30.4 Å². The van der Waals surface area contributed by atoms with Crippen molar-refractivity contribution in [1.82, 2.24) is 5.32 Å². The van der Waals surface area contributed by atoms with Crippen LogP contribution in [0.25, 0.3) is 0 Å². The maximum atomic E-state index is 9.78. The average molecular weight is 328 g/mol. The van der Waals surface area contributed by atoms with E-state index in [0.717, 1.165) is 43.0 Å². The van der Waals surface area contributed by atoms with Crippen LogP contribution in [0.15, 0.2) is 6.07 Å². The van der Waals surface area contributed by atoms with Gasteiger partial charge in [-0.2, -0.15) is 0 Å². The molecule has 2 aliphatic heterocycles. The van der Waals surface area contributed by atoms with Crippen LogP contribution < -0.4 is 5.32 Å². The van der Waals surface area contributed by atoms with Crippen LogP contribution in [0.5, 0.6) is 0 Å². The molecule has 1 aromatic heterocycles. The Balaban J connectivity index is 1.70. The molecule has 1 saturated heterocycles. The first-order valence-electron chi connectivity index (χ1n) is 7.86. The van der Waals surface area contributed by atoms with Gasteiger partial charge in [-0.05, 0) is 50.7 Å². The molecule has 0 aromatic carbocycles. The van der Waals surface area contributed by atoms with E-state index in [4.69, 9.17) is 16.3 Å². The Hall–Kier alpha value is -0.130. The number of rotatable bonds is 2. The van der Waals surface area contributed by atoms with Crippen molar-refractivity contribution in [3.05, 3.63) is 20.8 Å². The maximum Gasteiger partial charge on any atom is 0.106 e. The van der Waals surface area contributed by atoms with Crippen LogP contribution in [-0.2, 0) is 16.8 Å². The number of ether oxygens (including phenoxy) is 1. The van der Waals surface area contributed by atoms with Crippen molar-refractivity contribution >= 4 is 22.9 Å². The summed E-state index contributed by atoms with van der Waals surface area (Å²) >= 11 is 7.95. The van der Waals surface area contributed by atoms with Gasteiger partial charge in [-0.15, -0.1) is 11.3 Å². The molecular formula is C16H22ClNO2S. The molecule has 3 atom stereocenters. The van der Waals surface area contributed by atoms with Crippen molar-refractivity contribution < 1.29 is 9.84 Å². The predicted octanol–water partition coefficient (Wildman–Crippen LogP) is 3.08. The zero-order chi connectivity index (χ0) is 14.7. The van der Waals surface area contributed by atoms with Gasteiger partial charge < -0.3 is 15.2 Å². The summed E-state index contributed by atoms with van der Waals surface area (Å²) in [5.41, 5.74) is 1.27. The molecule has 21 heavy (non-hydrogen) atoms. The summed E-state index contributed by atoms with van der Waals surface area (Å²) < 4.78 is 7.22. The van der Waals surface area contributed by atoms with E-state index in [2.05, 4.69) is 18.3 Å². The predicted molar refractivity (Wildman–Crippen MR) is 85.0 cm³/mol. The minimum atomic E-state index is -0.189. The molecule has 3 nitrogen and oxygen atoms in total. The molecule has 3 heterocycles. The van der Waals surface area contributed by atoms with Gasteiger partial charge in [0.15, 0.2) is 0 Å². The number of hydrogen-bond acceptors (Lipinski definition) is 4. The van der Waals surface area contributed by atoms with Crippen LogP contribution in [0.2, 0.25) is 4.34 Å². The highest BCUT2D eigenvalue weighted by Gasteiger charge is 2.55. The van der Waals surface area contributed by atoms with Crippen molar-refractivity contribution in [2.45, 2.75) is 56.7 Å². The summed E-state index contributed by atoms with van der Waals surface area (Å²) in [5, 5.41) is 13.5. The largest absolute Gasteiger partial charge is 0.396 e. The van der Waals surface area contributed by atoms with E-state index in [-0.39, 0.29) is 17.6 Å². The number of halogens is 1. The molecule has 116 valence electrons. The highest BCUT2D eigenvalue weighted by atomic mass is 35.5. The summed E-state index contributed by atoms with van der Waals surface area (Å²) in [6, 6.07) is 2.87. The molecule has 0 unspecified atom stereocenters. The lowest BCUT2D eigenvalue weighted by molar-refractivity contribution is -0.104. The second kappa shape index (κ2) is 4.93. The fraction of sp³-hybridized carbons (Fsp3) is 0.750. The van der Waals surface area contributed by atoms with Crippen molar-refractivity contribution in [2.75, 3.05) is 13.2 Å². The molecule has 3 aliphatic rings. The monoisotopic (exact) mass is 327 g/mol. The first-order chi connectivity index (χ1) is 10.1. The zero-order valence-electron chi connectivity index (χ0n) is 12.3. The summed E-state index contributed by atoms with van der Waals surface area (Å²) in [7, 11) is 0. The van der Waals surface area contributed by atoms with Crippen LogP contribution in [0.1, 0.15) is 43.0 Å². The molecule has 2 fully saturated rings. The summed E-state index contributed by atoms with van der Waals surface area (Å²) in [6.45, 7) is 3.30. The Bertz CT molecular complexity index is 556. The number of thiophene rings is 1. The van der Waals surface area contributed by atoms with Gasteiger partial charge in [0.25, 0.3) is 0 Å². The summed E-state index contributed by atoms with van der Waals surface area (Å²) in [5.74, 6) is 0. The van der Waals surface area contributed by atoms with Gasteiger partial charge in [0.2, 0.25) is 0 Å². The molecule has 1 spiro atoms. The van der Waals surface area contributed by atoms with E-state index in [9.17, 15) is 5.11 Å². The van der Waals surface area contributed by atoms with Crippen LogP contribution >= 0.6 is 22.9 Å². The van der Waals surface area contributed by atoms with E-state index in [1.807, 2.05) is 0 Å². The highest BCUT2D eigenvalue weighted by molar-refractivity contribution is 7.16. The van der Waals surface area contributed by atoms with Crippen molar-refractivity contribution in [2.24, 2.45) is 5.41 Å². The molecule has 1 aliphatic carbocycles. The van der Waals surface area contributed by atoms with Gasteiger partial charge >= 0.3 is 0 Å². The van der Waals surface area contributed by atoms with Gasteiger partial charge in [0, 0.05) is 22.4 Å². The summed E-state index contributed by atoms with van der Waals surface area (Å²) in [4.78, 5) is 1.34. The Labute approximate surface area is 134 Å². The van der Waals surface area contributed by atoms with E-state index in [0.29, 0.717) is 12.1 Å². The smallest absolute Gasteiger partial charge is 0.106 e. The number of aliphatic hydroxyl groups is 1. The molecule has 5 heteroatoms. The number of fused-ring (bicyclic) bond motifs is 2. The fourth-order valence-electron chi connectivity index (χ4n) is 4.23. The van der Waals surface area contributed by atoms with E-state index < -0.39 is 0 Å².